The van der Waals surface area contributed by atoms with E-state index in [2.05, 4.69) is 10.6 Å². The molecule has 2 aromatic rings. The van der Waals surface area contributed by atoms with E-state index in [4.69, 9.17) is 14.2 Å². The zero-order chi connectivity index (χ0) is 18.9. The normalized spacial score (nSPS) is 11.2. The number of esters is 1. The van der Waals surface area contributed by atoms with Crippen molar-refractivity contribution < 1.29 is 23.8 Å². The third-order valence-corrected chi connectivity index (χ3v) is 3.73. The molecule has 2 N–H and O–H groups in total. The second-order valence-electron chi connectivity index (χ2n) is 5.43. The Morgan fingerprint density at radius 1 is 1.00 bits per heavy atom. The number of urea groups is 1. The van der Waals surface area contributed by atoms with E-state index in [0.717, 1.165) is 5.56 Å². The molecule has 7 heteroatoms. The molecule has 2 amide bonds. The summed E-state index contributed by atoms with van der Waals surface area (Å²) in [4.78, 5) is 24.4. The van der Waals surface area contributed by atoms with Crippen molar-refractivity contribution in [3.63, 3.8) is 0 Å². The van der Waals surface area contributed by atoms with E-state index < -0.39 is 18.0 Å². The zero-order valence-corrected chi connectivity index (χ0v) is 14.9. The van der Waals surface area contributed by atoms with Crippen molar-refractivity contribution in [2.75, 3.05) is 26.6 Å². The Kier molecular flexibility index (Phi) is 6.84. The van der Waals surface area contributed by atoms with E-state index in [1.165, 1.54) is 21.3 Å². The van der Waals surface area contributed by atoms with Gasteiger partial charge in [0.1, 0.15) is 17.5 Å². The lowest BCUT2D eigenvalue weighted by Crippen LogP contribution is -2.45. The molecule has 26 heavy (non-hydrogen) atoms. The average Bonchev–Trinajstić information content (AvgIpc) is 2.67. The molecule has 0 saturated heterocycles. The molecular formula is C19H22N2O5. The lowest BCUT2D eigenvalue weighted by molar-refractivity contribution is -0.142. The van der Waals surface area contributed by atoms with Crippen LogP contribution in [-0.2, 0) is 16.0 Å². The number of carbonyl (C=O) groups is 2. The molecule has 0 bridgehead atoms. The van der Waals surface area contributed by atoms with Crippen molar-refractivity contribution in [1.29, 1.82) is 0 Å². The fourth-order valence-electron chi connectivity index (χ4n) is 2.41. The highest BCUT2D eigenvalue weighted by atomic mass is 16.5. The highest BCUT2D eigenvalue weighted by molar-refractivity contribution is 5.94. The predicted molar refractivity (Wildman–Crippen MR) is 97.7 cm³/mol. The van der Waals surface area contributed by atoms with Crippen LogP contribution in [0.4, 0.5) is 10.5 Å². The number of carbonyl (C=O) groups excluding carboxylic acids is 2. The summed E-state index contributed by atoms with van der Waals surface area (Å²) < 4.78 is 15.2. The van der Waals surface area contributed by atoms with Gasteiger partial charge in [0.2, 0.25) is 0 Å². The maximum absolute atomic E-state index is 12.4. The van der Waals surface area contributed by atoms with E-state index in [-0.39, 0.29) is 0 Å². The molecule has 0 aliphatic heterocycles. The molecule has 0 aliphatic carbocycles. The minimum absolute atomic E-state index is 0.316. The van der Waals surface area contributed by atoms with Crippen LogP contribution in [0.1, 0.15) is 5.56 Å². The monoisotopic (exact) mass is 358 g/mol. The van der Waals surface area contributed by atoms with Crippen molar-refractivity contribution >= 4 is 17.7 Å². The number of rotatable bonds is 7. The van der Waals surface area contributed by atoms with Crippen LogP contribution >= 0.6 is 0 Å². The summed E-state index contributed by atoms with van der Waals surface area (Å²) >= 11 is 0. The number of hydrogen-bond acceptors (Lipinski definition) is 5. The number of anilines is 1. The van der Waals surface area contributed by atoms with Crippen molar-refractivity contribution in [3.05, 3.63) is 54.1 Å². The van der Waals surface area contributed by atoms with Crippen LogP contribution in [0, 0.1) is 0 Å². The van der Waals surface area contributed by atoms with Gasteiger partial charge in [0.05, 0.1) is 27.0 Å². The smallest absolute Gasteiger partial charge is 0.328 e. The molecule has 0 aromatic heterocycles. The van der Waals surface area contributed by atoms with E-state index in [0.29, 0.717) is 23.6 Å². The number of ether oxygens (including phenoxy) is 3. The third-order valence-electron chi connectivity index (χ3n) is 3.73. The fraction of sp³-hybridized carbons (Fsp3) is 0.263. The van der Waals surface area contributed by atoms with Crippen molar-refractivity contribution in [2.45, 2.75) is 12.5 Å². The van der Waals surface area contributed by atoms with Crippen molar-refractivity contribution in [3.8, 4) is 11.5 Å². The summed E-state index contributed by atoms with van der Waals surface area (Å²) in [6, 6.07) is 13.0. The van der Waals surface area contributed by atoms with Gasteiger partial charge in [-0.15, -0.1) is 0 Å². The van der Waals surface area contributed by atoms with Crippen molar-refractivity contribution in [2.24, 2.45) is 0 Å². The molecule has 0 aliphatic rings. The van der Waals surface area contributed by atoms with Gasteiger partial charge in [-0.2, -0.15) is 0 Å². The van der Waals surface area contributed by atoms with Crippen LogP contribution < -0.4 is 20.1 Å². The largest absolute Gasteiger partial charge is 0.497 e. The predicted octanol–water partition coefficient (Wildman–Crippen LogP) is 2.61. The topological polar surface area (TPSA) is 85.9 Å². The zero-order valence-electron chi connectivity index (χ0n) is 14.9. The van der Waals surface area contributed by atoms with Crippen LogP contribution in [0.3, 0.4) is 0 Å². The Morgan fingerprint density at radius 3 is 2.35 bits per heavy atom. The van der Waals surface area contributed by atoms with Crippen molar-refractivity contribution in [1.82, 2.24) is 5.32 Å². The molecule has 2 rings (SSSR count). The lowest BCUT2D eigenvalue weighted by Gasteiger charge is -2.18. The Hall–Kier alpha value is -3.22. The van der Waals surface area contributed by atoms with Gasteiger partial charge in [0.15, 0.2) is 0 Å². The summed E-state index contributed by atoms with van der Waals surface area (Å²) in [5.41, 5.74) is 1.33. The highest BCUT2D eigenvalue weighted by Gasteiger charge is 2.22. The number of nitrogens with one attached hydrogen (secondary N) is 2. The van der Waals surface area contributed by atoms with Crippen LogP contribution in [0.25, 0.3) is 0 Å². The maximum atomic E-state index is 12.4. The highest BCUT2D eigenvalue weighted by Crippen LogP contribution is 2.28. The van der Waals surface area contributed by atoms with Crippen LogP contribution in [0.15, 0.2) is 48.5 Å². The van der Waals surface area contributed by atoms with E-state index in [1.807, 2.05) is 30.3 Å². The number of benzene rings is 2. The van der Waals surface area contributed by atoms with Crippen LogP contribution in [-0.4, -0.2) is 39.4 Å². The molecule has 0 heterocycles. The second kappa shape index (κ2) is 9.31. The van der Waals surface area contributed by atoms with Gasteiger partial charge in [0, 0.05) is 12.5 Å². The summed E-state index contributed by atoms with van der Waals surface area (Å²) in [5, 5.41) is 5.30. The average molecular weight is 358 g/mol. The lowest BCUT2D eigenvalue weighted by atomic mass is 10.1. The molecular weight excluding hydrogens is 336 g/mol. The summed E-state index contributed by atoms with van der Waals surface area (Å²) in [7, 11) is 4.31. The molecule has 7 nitrogen and oxygen atoms in total. The molecule has 0 radical (unpaired) electrons. The molecule has 0 unspecified atom stereocenters. The summed E-state index contributed by atoms with van der Waals surface area (Å²) in [6.45, 7) is 0. The Balaban J connectivity index is 2.11. The molecule has 0 saturated carbocycles. The summed E-state index contributed by atoms with van der Waals surface area (Å²) in [5.74, 6) is 0.509. The molecule has 138 valence electrons. The first-order chi connectivity index (χ1) is 12.6. The first-order valence-corrected chi connectivity index (χ1v) is 7.98. The molecule has 0 spiro atoms. The molecule has 1 atom stereocenters. The van der Waals surface area contributed by atoms with Gasteiger partial charge in [-0.25, -0.2) is 9.59 Å². The van der Waals surface area contributed by atoms with Gasteiger partial charge >= 0.3 is 12.0 Å². The van der Waals surface area contributed by atoms with E-state index >= 15 is 0 Å². The van der Waals surface area contributed by atoms with Crippen LogP contribution in [0.2, 0.25) is 0 Å². The van der Waals surface area contributed by atoms with E-state index in [9.17, 15) is 9.59 Å². The minimum atomic E-state index is -0.820. The van der Waals surface area contributed by atoms with Gasteiger partial charge in [-0.05, 0) is 17.7 Å². The maximum Gasteiger partial charge on any atom is 0.328 e. The molecule has 2 aromatic carbocycles. The van der Waals surface area contributed by atoms with E-state index in [1.54, 1.807) is 18.2 Å². The van der Waals surface area contributed by atoms with Gasteiger partial charge in [-0.3, -0.25) is 0 Å². The Morgan fingerprint density at radius 2 is 1.73 bits per heavy atom. The Bertz CT molecular complexity index is 749. The SMILES string of the molecule is COC(=O)[C@H](Cc1ccccc1)NC(=O)Nc1cc(OC)ccc1OC. The second-order valence-corrected chi connectivity index (χ2v) is 5.43. The minimum Gasteiger partial charge on any atom is -0.497 e. The van der Waals surface area contributed by atoms with Gasteiger partial charge in [-0.1, -0.05) is 30.3 Å². The third kappa shape index (κ3) is 5.14. The quantitative estimate of drug-likeness (QED) is 0.743. The first kappa shape index (κ1) is 19.1. The first-order valence-electron chi connectivity index (χ1n) is 7.98. The number of hydrogen-bond donors (Lipinski definition) is 2. The summed E-state index contributed by atoms with van der Waals surface area (Å²) in [6.07, 6.45) is 0.316. The fourth-order valence-corrected chi connectivity index (χ4v) is 2.41. The molecule has 0 fully saturated rings. The van der Waals surface area contributed by atoms with Crippen LogP contribution in [0.5, 0.6) is 11.5 Å². The van der Waals surface area contributed by atoms with Gasteiger partial charge < -0.3 is 24.8 Å². The number of amides is 2. The Labute approximate surface area is 152 Å². The number of methoxy groups -OCH3 is 3. The van der Waals surface area contributed by atoms with Gasteiger partial charge in [0.25, 0.3) is 0 Å². The standard InChI is InChI=1S/C19H22N2O5/c1-24-14-9-10-17(25-2)15(12-14)20-19(23)21-16(18(22)26-3)11-13-7-5-4-6-8-13/h4-10,12,16H,11H2,1-3H3,(H2,20,21,23)/t16-/m0/s1.